The highest BCUT2D eigenvalue weighted by Crippen LogP contribution is 2.38. The van der Waals surface area contributed by atoms with Gasteiger partial charge in [0, 0.05) is 5.69 Å². The Labute approximate surface area is 182 Å². The Balaban J connectivity index is 1.55. The zero-order valence-electron chi connectivity index (χ0n) is 18.6. The molecule has 1 aliphatic carbocycles. The molecule has 3 rings (SSSR count). The number of hydrogen-bond donors (Lipinski definition) is 2. The lowest BCUT2D eigenvalue weighted by molar-refractivity contribution is -0.155. The van der Waals surface area contributed by atoms with Gasteiger partial charge in [-0.1, -0.05) is 45.7 Å². The minimum atomic E-state index is -1.07. The first-order chi connectivity index (χ1) is 14.6. The maximum Gasteiger partial charge on any atom is 0.327 e. The van der Waals surface area contributed by atoms with Crippen LogP contribution in [0.25, 0.3) is 0 Å². The van der Waals surface area contributed by atoms with Gasteiger partial charge in [-0.05, 0) is 49.3 Å². The summed E-state index contributed by atoms with van der Waals surface area (Å²) >= 11 is 0. The molecule has 8 heteroatoms. The number of esters is 1. The van der Waals surface area contributed by atoms with E-state index in [0.717, 1.165) is 29.7 Å². The molecule has 1 saturated carbocycles. The van der Waals surface area contributed by atoms with Crippen molar-refractivity contribution in [3.8, 4) is 0 Å². The molecule has 0 aromatic heterocycles. The van der Waals surface area contributed by atoms with E-state index in [4.69, 9.17) is 4.74 Å². The molecule has 1 aliphatic heterocycles. The van der Waals surface area contributed by atoms with Gasteiger partial charge < -0.3 is 15.4 Å². The number of rotatable bonds is 6. The van der Waals surface area contributed by atoms with Crippen molar-refractivity contribution in [2.75, 3.05) is 11.9 Å². The largest absolute Gasteiger partial charge is 0.451 e. The lowest BCUT2D eigenvalue weighted by atomic mass is 9.73. The van der Waals surface area contributed by atoms with E-state index in [9.17, 15) is 19.2 Å². The summed E-state index contributed by atoms with van der Waals surface area (Å²) in [7, 11) is 0. The number of nitrogens with one attached hydrogen (secondary N) is 2. The first-order valence-corrected chi connectivity index (χ1v) is 10.9. The zero-order valence-corrected chi connectivity index (χ0v) is 18.6. The molecule has 4 amide bonds. The van der Waals surface area contributed by atoms with Gasteiger partial charge >= 0.3 is 12.0 Å². The number of benzene rings is 1. The number of ether oxygens (including phenoxy) is 1. The average molecular weight is 430 g/mol. The number of urea groups is 1. The molecule has 1 heterocycles. The lowest BCUT2D eigenvalue weighted by Crippen LogP contribution is -2.54. The molecule has 3 atom stereocenters. The molecule has 168 valence electrons. The van der Waals surface area contributed by atoms with Crippen molar-refractivity contribution in [1.82, 2.24) is 10.2 Å². The first kappa shape index (κ1) is 22.8. The molecular formula is C23H31N3O5. The normalized spacial score (nSPS) is 24.3. The number of carbonyl (C=O) groups excluding carboxylic acids is 4. The van der Waals surface area contributed by atoms with Gasteiger partial charge in [0.25, 0.3) is 11.8 Å². The van der Waals surface area contributed by atoms with Crippen molar-refractivity contribution in [2.45, 2.75) is 70.9 Å². The lowest BCUT2D eigenvalue weighted by Gasteiger charge is -2.36. The minimum absolute atomic E-state index is 0.00510. The van der Waals surface area contributed by atoms with Crippen molar-refractivity contribution in [2.24, 2.45) is 5.92 Å². The van der Waals surface area contributed by atoms with Gasteiger partial charge in [-0.15, -0.1) is 0 Å². The van der Waals surface area contributed by atoms with E-state index < -0.39 is 36.1 Å². The van der Waals surface area contributed by atoms with E-state index in [2.05, 4.69) is 24.5 Å². The van der Waals surface area contributed by atoms with Crippen LogP contribution in [-0.2, 0) is 19.1 Å². The third-order valence-corrected chi connectivity index (χ3v) is 6.31. The fourth-order valence-corrected chi connectivity index (χ4v) is 4.25. The molecule has 1 saturated heterocycles. The Morgan fingerprint density at radius 2 is 1.87 bits per heavy atom. The predicted molar refractivity (Wildman–Crippen MR) is 115 cm³/mol. The third kappa shape index (κ3) is 4.73. The molecule has 2 aliphatic rings. The topological polar surface area (TPSA) is 105 Å². The van der Waals surface area contributed by atoms with Crippen LogP contribution in [0.3, 0.4) is 0 Å². The van der Waals surface area contributed by atoms with Gasteiger partial charge in [0.2, 0.25) is 0 Å². The van der Waals surface area contributed by atoms with Gasteiger partial charge in [0.05, 0.1) is 0 Å². The molecule has 1 spiro atoms. The molecular weight excluding hydrogens is 398 g/mol. The van der Waals surface area contributed by atoms with Crippen LogP contribution in [0.1, 0.15) is 64.9 Å². The maximum absolute atomic E-state index is 12.9. The van der Waals surface area contributed by atoms with E-state index >= 15 is 0 Å². The maximum atomic E-state index is 12.9. The summed E-state index contributed by atoms with van der Waals surface area (Å²) in [6.45, 7) is 7.04. The quantitative estimate of drug-likeness (QED) is 0.534. The Morgan fingerprint density at radius 1 is 1.19 bits per heavy atom. The second kappa shape index (κ2) is 9.08. The zero-order chi connectivity index (χ0) is 22.8. The molecule has 0 bridgehead atoms. The summed E-state index contributed by atoms with van der Waals surface area (Å²) in [6, 6.07) is 6.85. The van der Waals surface area contributed by atoms with E-state index in [1.165, 1.54) is 6.92 Å². The van der Waals surface area contributed by atoms with Crippen LogP contribution in [0.5, 0.6) is 0 Å². The van der Waals surface area contributed by atoms with Crippen molar-refractivity contribution >= 4 is 29.5 Å². The van der Waals surface area contributed by atoms with Gasteiger partial charge in [-0.25, -0.2) is 4.79 Å². The molecule has 1 aromatic carbocycles. The monoisotopic (exact) mass is 429 g/mol. The minimum Gasteiger partial charge on any atom is -0.451 e. The highest BCUT2D eigenvalue weighted by molar-refractivity contribution is 6.09. The molecule has 2 fully saturated rings. The number of anilines is 1. The van der Waals surface area contributed by atoms with Gasteiger partial charge in [0.15, 0.2) is 6.10 Å². The van der Waals surface area contributed by atoms with Crippen LogP contribution in [0.15, 0.2) is 24.3 Å². The Hall–Kier alpha value is -2.90. The fraction of sp³-hybridized carbons (Fsp3) is 0.565. The second-order valence-electron chi connectivity index (χ2n) is 8.84. The fourth-order valence-electron chi connectivity index (χ4n) is 4.25. The number of amides is 4. The van der Waals surface area contributed by atoms with Crippen LogP contribution >= 0.6 is 0 Å². The number of hydrogen-bond acceptors (Lipinski definition) is 5. The summed E-state index contributed by atoms with van der Waals surface area (Å²) in [5.74, 6) is -1.29. The Morgan fingerprint density at radius 3 is 2.48 bits per heavy atom. The predicted octanol–water partition coefficient (Wildman–Crippen LogP) is 3.18. The van der Waals surface area contributed by atoms with Gasteiger partial charge in [-0.3, -0.25) is 19.3 Å². The van der Waals surface area contributed by atoms with E-state index in [0.29, 0.717) is 18.0 Å². The van der Waals surface area contributed by atoms with Crippen molar-refractivity contribution in [1.29, 1.82) is 0 Å². The SMILES string of the molecule is CC(C)c1ccc(NC(=O)[C@H](C)OC(=O)CN2C(=O)N[C@]3(CCCC[C@H]3C)C2=O)cc1. The molecule has 31 heavy (non-hydrogen) atoms. The highest BCUT2D eigenvalue weighted by atomic mass is 16.5. The van der Waals surface area contributed by atoms with Crippen LogP contribution in [0.2, 0.25) is 0 Å². The van der Waals surface area contributed by atoms with E-state index in [1.54, 1.807) is 12.1 Å². The van der Waals surface area contributed by atoms with Gasteiger partial charge in [-0.2, -0.15) is 0 Å². The summed E-state index contributed by atoms with van der Waals surface area (Å²) in [6.07, 6.45) is 2.21. The van der Waals surface area contributed by atoms with E-state index in [-0.39, 0.29) is 11.8 Å². The van der Waals surface area contributed by atoms with E-state index in [1.807, 2.05) is 19.1 Å². The summed E-state index contributed by atoms with van der Waals surface area (Å²) in [4.78, 5) is 50.9. The van der Waals surface area contributed by atoms with Crippen molar-refractivity contribution < 1.29 is 23.9 Å². The number of carbonyl (C=O) groups is 4. The molecule has 1 aromatic rings. The first-order valence-electron chi connectivity index (χ1n) is 10.9. The number of imide groups is 1. The summed E-state index contributed by atoms with van der Waals surface area (Å²) in [5.41, 5.74) is 0.816. The molecule has 2 N–H and O–H groups in total. The summed E-state index contributed by atoms with van der Waals surface area (Å²) in [5, 5.41) is 5.50. The molecule has 8 nitrogen and oxygen atoms in total. The Kier molecular flexibility index (Phi) is 6.67. The van der Waals surface area contributed by atoms with Crippen LogP contribution in [0.4, 0.5) is 10.5 Å². The second-order valence-corrected chi connectivity index (χ2v) is 8.84. The van der Waals surface area contributed by atoms with Crippen LogP contribution < -0.4 is 10.6 Å². The standard InChI is InChI=1S/C23H31N3O5/c1-14(2)17-8-10-18(11-9-17)24-20(28)16(4)31-19(27)13-26-21(29)23(25-22(26)30)12-6-5-7-15(23)3/h8-11,14-16H,5-7,12-13H2,1-4H3,(H,24,28)(H,25,30)/t15-,16+,23+/m1/s1. The third-order valence-electron chi connectivity index (χ3n) is 6.31. The highest BCUT2D eigenvalue weighted by Gasteiger charge is 2.55. The smallest absolute Gasteiger partial charge is 0.327 e. The molecule has 0 unspecified atom stereocenters. The average Bonchev–Trinajstić information content (AvgIpc) is 2.95. The Bertz CT molecular complexity index is 866. The van der Waals surface area contributed by atoms with Crippen molar-refractivity contribution in [3.63, 3.8) is 0 Å². The van der Waals surface area contributed by atoms with Crippen molar-refractivity contribution in [3.05, 3.63) is 29.8 Å². The van der Waals surface area contributed by atoms with Crippen LogP contribution in [-0.4, -0.2) is 46.9 Å². The van der Waals surface area contributed by atoms with Gasteiger partial charge in [0.1, 0.15) is 12.1 Å². The van der Waals surface area contributed by atoms with Crippen LogP contribution in [0, 0.1) is 5.92 Å². The number of nitrogens with zero attached hydrogens (tertiary/aromatic N) is 1. The summed E-state index contributed by atoms with van der Waals surface area (Å²) < 4.78 is 5.18. The molecule has 0 radical (unpaired) electrons.